The first-order valence-corrected chi connectivity index (χ1v) is 9.42. The Morgan fingerprint density at radius 1 is 1.12 bits per heavy atom. The second-order valence-corrected chi connectivity index (χ2v) is 7.30. The summed E-state index contributed by atoms with van der Waals surface area (Å²) < 4.78 is 0. The molecule has 0 spiro atoms. The van der Waals surface area contributed by atoms with Crippen molar-refractivity contribution < 1.29 is 10.2 Å². The molecule has 0 atom stereocenters. The van der Waals surface area contributed by atoms with E-state index in [9.17, 15) is 10.2 Å². The molecule has 26 heavy (non-hydrogen) atoms. The van der Waals surface area contributed by atoms with Gasteiger partial charge in [0.25, 0.3) is 0 Å². The maximum atomic E-state index is 9.85. The molecule has 0 amide bonds. The van der Waals surface area contributed by atoms with Crippen molar-refractivity contribution in [2.45, 2.75) is 33.1 Å². The minimum Gasteiger partial charge on any atom is -0.513 e. The zero-order valence-electron chi connectivity index (χ0n) is 15.0. The average Bonchev–Trinajstić information content (AvgIpc) is 3.10. The van der Waals surface area contributed by atoms with Gasteiger partial charge in [-0.15, -0.1) is 10.2 Å². The molecule has 3 aromatic rings. The van der Waals surface area contributed by atoms with Gasteiger partial charge in [-0.1, -0.05) is 43.0 Å². The van der Waals surface area contributed by atoms with Gasteiger partial charge in [0, 0.05) is 17.5 Å². The Labute approximate surface area is 157 Å². The number of nitrogens with zero attached hydrogens (tertiary/aromatic N) is 2. The van der Waals surface area contributed by atoms with Crippen molar-refractivity contribution in [3.63, 3.8) is 0 Å². The maximum absolute atomic E-state index is 9.85. The van der Waals surface area contributed by atoms with Crippen molar-refractivity contribution in [2.75, 3.05) is 0 Å². The maximum Gasteiger partial charge on any atom is 0.148 e. The highest BCUT2D eigenvalue weighted by Gasteiger charge is 2.12. The number of allylic oxidation sites excluding steroid dienone is 1. The highest BCUT2D eigenvalue weighted by Crippen LogP contribution is 2.33. The number of phenols is 1. The van der Waals surface area contributed by atoms with Crippen molar-refractivity contribution in [1.82, 2.24) is 10.2 Å². The van der Waals surface area contributed by atoms with Gasteiger partial charge >= 0.3 is 0 Å². The van der Waals surface area contributed by atoms with Crippen LogP contribution in [0.1, 0.15) is 30.0 Å². The van der Waals surface area contributed by atoms with Crippen molar-refractivity contribution in [2.24, 2.45) is 0 Å². The van der Waals surface area contributed by atoms with Crippen LogP contribution in [0.15, 0.2) is 48.7 Å². The Kier molecular flexibility index (Phi) is 5.38. The third-order valence-electron chi connectivity index (χ3n) is 4.36. The summed E-state index contributed by atoms with van der Waals surface area (Å²) in [7, 11) is 0. The molecule has 0 saturated carbocycles. The molecule has 0 saturated heterocycles. The lowest BCUT2D eigenvalue weighted by atomic mass is 10.0. The van der Waals surface area contributed by atoms with Crippen LogP contribution in [0.2, 0.25) is 0 Å². The van der Waals surface area contributed by atoms with Gasteiger partial charge in [0.2, 0.25) is 0 Å². The number of phenolic OH excluding ortho intramolecular Hbond substituents is 1. The number of rotatable bonds is 6. The molecule has 5 heteroatoms. The summed E-state index contributed by atoms with van der Waals surface area (Å²) in [6.07, 6.45) is 2.11. The van der Waals surface area contributed by atoms with E-state index in [-0.39, 0.29) is 5.76 Å². The molecule has 0 radical (unpaired) electrons. The van der Waals surface area contributed by atoms with E-state index in [4.69, 9.17) is 0 Å². The molecular formula is C21H22N2O2S. The Balaban J connectivity index is 1.87. The fourth-order valence-corrected chi connectivity index (χ4v) is 3.79. The predicted octanol–water partition coefficient (Wildman–Crippen LogP) is 5.45. The summed E-state index contributed by atoms with van der Waals surface area (Å²) in [6, 6.07) is 11.8. The monoisotopic (exact) mass is 366 g/mol. The molecule has 0 aliphatic carbocycles. The van der Waals surface area contributed by atoms with Crippen LogP contribution in [-0.2, 0) is 12.8 Å². The molecular weight excluding hydrogens is 344 g/mol. The largest absolute Gasteiger partial charge is 0.513 e. The van der Waals surface area contributed by atoms with Crippen LogP contribution in [0, 0.1) is 6.92 Å². The van der Waals surface area contributed by atoms with Gasteiger partial charge < -0.3 is 10.2 Å². The van der Waals surface area contributed by atoms with Crippen molar-refractivity contribution in [3.05, 3.63) is 65.4 Å². The lowest BCUT2D eigenvalue weighted by molar-refractivity contribution is 0.391. The van der Waals surface area contributed by atoms with Gasteiger partial charge in [-0.2, -0.15) is 0 Å². The van der Waals surface area contributed by atoms with Crippen molar-refractivity contribution in [1.29, 1.82) is 0 Å². The van der Waals surface area contributed by atoms with E-state index in [1.165, 1.54) is 0 Å². The van der Waals surface area contributed by atoms with E-state index >= 15 is 0 Å². The average molecular weight is 366 g/mol. The third kappa shape index (κ3) is 3.94. The van der Waals surface area contributed by atoms with Gasteiger partial charge in [-0.05, 0) is 54.7 Å². The Hall–Kier alpha value is -2.66. The number of hydrogen-bond donors (Lipinski definition) is 2. The van der Waals surface area contributed by atoms with Crippen LogP contribution < -0.4 is 0 Å². The standard InChI is InChI=1S/C21H22N2O2S/c1-4-16-12-17(8-10-19(16)25)20-22-23-21(26-20)18-9-7-15(11-13(18)2)6-5-14(3)24/h7-12,24-25H,3-6H2,1-2H3. The lowest BCUT2D eigenvalue weighted by Crippen LogP contribution is -1.90. The summed E-state index contributed by atoms with van der Waals surface area (Å²) in [5.74, 6) is 0.527. The number of hydrogen-bond acceptors (Lipinski definition) is 5. The molecule has 0 aliphatic heterocycles. The van der Waals surface area contributed by atoms with Crippen LogP contribution in [0.5, 0.6) is 5.75 Å². The van der Waals surface area contributed by atoms with Gasteiger partial charge in [-0.3, -0.25) is 0 Å². The summed E-state index contributed by atoms with van der Waals surface area (Å²) in [6.45, 7) is 7.60. The smallest absolute Gasteiger partial charge is 0.148 e. The molecule has 0 unspecified atom stereocenters. The summed E-state index contributed by atoms with van der Waals surface area (Å²) in [5, 5.41) is 29.5. The van der Waals surface area contributed by atoms with Gasteiger partial charge in [-0.25, -0.2) is 0 Å². The number of aromatic nitrogens is 2. The number of aliphatic hydroxyl groups excluding tert-OH is 1. The lowest BCUT2D eigenvalue weighted by Gasteiger charge is -2.06. The Morgan fingerprint density at radius 3 is 2.58 bits per heavy atom. The molecule has 134 valence electrons. The topological polar surface area (TPSA) is 66.2 Å². The first-order chi connectivity index (χ1) is 12.5. The highest BCUT2D eigenvalue weighted by molar-refractivity contribution is 7.17. The number of benzene rings is 2. The minimum absolute atomic E-state index is 0.209. The Morgan fingerprint density at radius 2 is 1.88 bits per heavy atom. The molecule has 4 nitrogen and oxygen atoms in total. The Bertz CT molecular complexity index is 947. The van der Waals surface area contributed by atoms with Crippen LogP contribution in [0.3, 0.4) is 0 Å². The van der Waals surface area contributed by atoms with Crippen LogP contribution >= 0.6 is 11.3 Å². The SMILES string of the molecule is C=C(O)CCc1ccc(-c2nnc(-c3ccc(O)c(CC)c3)s2)c(C)c1. The number of aromatic hydroxyl groups is 1. The van der Waals surface area contributed by atoms with E-state index in [1.807, 2.05) is 19.1 Å². The van der Waals surface area contributed by atoms with Crippen LogP contribution in [0.4, 0.5) is 0 Å². The molecule has 1 aromatic heterocycles. The van der Waals surface area contributed by atoms with Gasteiger partial charge in [0.15, 0.2) is 0 Å². The van der Waals surface area contributed by atoms with E-state index in [2.05, 4.69) is 41.9 Å². The summed E-state index contributed by atoms with van der Waals surface area (Å²) in [5.41, 5.74) is 5.24. The van der Waals surface area contributed by atoms with Crippen LogP contribution in [0.25, 0.3) is 21.1 Å². The normalized spacial score (nSPS) is 10.8. The predicted molar refractivity (Wildman–Crippen MR) is 107 cm³/mol. The van der Waals surface area contributed by atoms with Crippen molar-refractivity contribution >= 4 is 11.3 Å². The zero-order chi connectivity index (χ0) is 18.7. The zero-order valence-corrected chi connectivity index (χ0v) is 15.8. The first kappa shape index (κ1) is 18.1. The first-order valence-electron chi connectivity index (χ1n) is 8.60. The quantitative estimate of drug-likeness (QED) is 0.569. The fourth-order valence-electron chi connectivity index (χ4n) is 2.86. The third-order valence-corrected chi connectivity index (χ3v) is 5.36. The van der Waals surface area contributed by atoms with Crippen molar-refractivity contribution in [3.8, 4) is 26.9 Å². The van der Waals surface area contributed by atoms with Crippen LogP contribution in [-0.4, -0.2) is 20.4 Å². The summed E-state index contributed by atoms with van der Waals surface area (Å²) in [4.78, 5) is 0. The van der Waals surface area contributed by atoms with E-state index in [0.717, 1.165) is 50.7 Å². The molecule has 0 fully saturated rings. The van der Waals surface area contributed by atoms with E-state index < -0.39 is 0 Å². The highest BCUT2D eigenvalue weighted by atomic mass is 32.1. The fraction of sp³-hybridized carbons (Fsp3) is 0.238. The molecule has 0 aliphatic rings. The molecule has 1 heterocycles. The number of aryl methyl sites for hydroxylation is 3. The second-order valence-electron chi connectivity index (χ2n) is 6.32. The molecule has 2 N–H and O–H groups in total. The van der Waals surface area contributed by atoms with Gasteiger partial charge in [0.1, 0.15) is 15.8 Å². The van der Waals surface area contributed by atoms with Gasteiger partial charge in [0.05, 0.1) is 5.76 Å². The number of aliphatic hydroxyl groups is 1. The molecule has 0 bridgehead atoms. The molecule has 3 rings (SSSR count). The minimum atomic E-state index is 0.209. The molecule has 2 aromatic carbocycles. The summed E-state index contributed by atoms with van der Waals surface area (Å²) >= 11 is 1.54. The van der Waals surface area contributed by atoms with E-state index in [1.54, 1.807) is 17.4 Å². The van der Waals surface area contributed by atoms with E-state index in [0.29, 0.717) is 12.2 Å². The second kappa shape index (κ2) is 7.70.